The second kappa shape index (κ2) is 5.40. The van der Waals surface area contributed by atoms with Crippen molar-refractivity contribution in [1.29, 1.82) is 0 Å². The number of pyridine rings is 2. The van der Waals surface area contributed by atoms with Crippen LogP contribution in [0.15, 0.2) is 36.9 Å². The predicted molar refractivity (Wildman–Crippen MR) is 67.8 cm³/mol. The molecule has 2 aromatic rings. The first kappa shape index (κ1) is 12.2. The van der Waals surface area contributed by atoms with Crippen molar-refractivity contribution in [3.8, 4) is 5.75 Å². The highest BCUT2D eigenvalue weighted by Gasteiger charge is 2.13. The smallest absolute Gasteiger partial charge is 0.195 e. The largest absolute Gasteiger partial charge is 0.495 e. The molecule has 0 aliphatic rings. The first-order valence-electron chi connectivity index (χ1n) is 5.73. The van der Waals surface area contributed by atoms with Gasteiger partial charge >= 0.3 is 0 Å². The van der Waals surface area contributed by atoms with Crippen LogP contribution in [0, 0.1) is 0 Å². The minimum absolute atomic E-state index is 0.0550. The highest BCUT2D eigenvalue weighted by Crippen LogP contribution is 2.17. The Morgan fingerprint density at radius 2 is 2.11 bits per heavy atom. The third-order valence-electron chi connectivity index (χ3n) is 2.74. The van der Waals surface area contributed by atoms with E-state index in [4.69, 9.17) is 4.74 Å². The van der Waals surface area contributed by atoms with Crippen LogP contribution >= 0.6 is 0 Å². The summed E-state index contributed by atoms with van der Waals surface area (Å²) in [7, 11) is 1.55. The lowest BCUT2D eigenvalue weighted by Gasteiger charge is -2.06. The molecular formula is C14H14N2O2. The van der Waals surface area contributed by atoms with Gasteiger partial charge < -0.3 is 4.74 Å². The quantitative estimate of drug-likeness (QED) is 0.772. The lowest BCUT2D eigenvalue weighted by atomic mass is 10.00. The third-order valence-corrected chi connectivity index (χ3v) is 2.74. The van der Waals surface area contributed by atoms with Crippen LogP contribution < -0.4 is 4.74 Å². The van der Waals surface area contributed by atoms with E-state index in [2.05, 4.69) is 9.97 Å². The normalized spacial score (nSPS) is 10.1. The number of hydrogen-bond acceptors (Lipinski definition) is 4. The van der Waals surface area contributed by atoms with Crippen LogP contribution in [0.25, 0.3) is 0 Å². The minimum Gasteiger partial charge on any atom is -0.495 e. The van der Waals surface area contributed by atoms with E-state index in [-0.39, 0.29) is 5.78 Å². The maximum absolute atomic E-state index is 12.4. The summed E-state index contributed by atoms with van der Waals surface area (Å²) in [4.78, 5) is 20.4. The molecule has 2 heterocycles. The summed E-state index contributed by atoms with van der Waals surface area (Å²) in [6, 6.07) is 3.43. The zero-order valence-corrected chi connectivity index (χ0v) is 10.4. The van der Waals surface area contributed by atoms with Gasteiger partial charge in [0, 0.05) is 29.7 Å². The van der Waals surface area contributed by atoms with Gasteiger partial charge in [0.05, 0.1) is 13.3 Å². The molecule has 92 valence electrons. The number of aromatic nitrogens is 2. The van der Waals surface area contributed by atoms with Gasteiger partial charge in [-0.25, -0.2) is 0 Å². The maximum Gasteiger partial charge on any atom is 0.195 e. The molecule has 2 rings (SSSR count). The summed E-state index contributed by atoms with van der Waals surface area (Å²) < 4.78 is 5.07. The molecule has 0 fully saturated rings. The van der Waals surface area contributed by atoms with Crippen molar-refractivity contribution in [2.45, 2.75) is 13.3 Å². The zero-order valence-electron chi connectivity index (χ0n) is 10.4. The molecule has 2 aromatic heterocycles. The Bertz CT molecular complexity index is 567. The summed E-state index contributed by atoms with van der Waals surface area (Å²) in [5.74, 6) is 0.522. The first-order valence-corrected chi connectivity index (χ1v) is 5.73. The Balaban J connectivity index is 2.41. The van der Waals surface area contributed by atoms with E-state index in [1.54, 1.807) is 44.0 Å². The van der Waals surface area contributed by atoms with Crippen LogP contribution in [0.4, 0.5) is 0 Å². The van der Waals surface area contributed by atoms with Gasteiger partial charge in [-0.3, -0.25) is 14.8 Å². The van der Waals surface area contributed by atoms with Crippen LogP contribution in [-0.4, -0.2) is 22.9 Å². The molecule has 0 bridgehead atoms. The highest BCUT2D eigenvalue weighted by atomic mass is 16.5. The highest BCUT2D eigenvalue weighted by molar-refractivity contribution is 6.09. The summed E-state index contributed by atoms with van der Waals surface area (Å²) in [6.07, 6.45) is 7.24. The van der Waals surface area contributed by atoms with Crippen LogP contribution in [0.3, 0.4) is 0 Å². The average molecular weight is 242 g/mol. The summed E-state index contributed by atoms with van der Waals surface area (Å²) >= 11 is 0. The molecule has 0 atom stereocenters. The fourth-order valence-corrected chi connectivity index (χ4v) is 1.74. The van der Waals surface area contributed by atoms with E-state index < -0.39 is 0 Å². The van der Waals surface area contributed by atoms with Crippen LogP contribution in [0.5, 0.6) is 5.75 Å². The molecule has 4 nitrogen and oxygen atoms in total. The monoisotopic (exact) mass is 242 g/mol. The Hall–Kier alpha value is -2.23. The third kappa shape index (κ3) is 2.37. The van der Waals surface area contributed by atoms with E-state index in [9.17, 15) is 4.79 Å². The number of carbonyl (C=O) groups excluding carboxylic acids is 1. The number of ketones is 1. The molecule has 0 amide bonds. The van der Waals surface area contributed by atoms with Crippen molar-refractivity contribution in [1.82, 2.24) is 9.97 Å². The number of rotatable bonds is 4. The second-order valence-corrected chi connectivity index (χ2v) is 3.83. The van der Waals surface area contributed by atoms with Crippen LogP contribution in [0.1, 0.15) is 28.4 Å². The lowest BCUT2D eigenvalue weighted by Crippen LogP contribution is -2.06. The molecule has 0 unspecified atom stereocenters. The van der Waals surface area contributed by atoms with Gasteiger partial charge in [-0.2, -0.15) is 0 Å². The Morgan fingerprint density at radius 1 is 1.28 bits per heavy atom. The average Bonchev–Trinajstić information content (AvgIpc) is 2.46. The zero-order chi connectivity index (χ0) is 13.0. The number of hydrogen-bond donors (Lipinski definition) is 0. The molecule has 0 saturated carbocycles. The van der Waals surface area contributed by atoms with Gasteiger partial charge in [0.25, 0.3) is 0 Å². The SMILES string of the molecule is CCc1cnccc1C(=O)c1cncc(OC)c1. The van der Waals surface area contributed by atoms with E-state index in [1.807, 2.05) is 6.92 Å². The van der Waals surface area contributed by atoms with Crippen molar-refractivity contribution < 1.29 is 9.53 Å². The molecular weight excluding hydrogens is 228 g/mol. The fraction of sp³-hybridized carbons (Fsp3) is 0.214. The van der Waals surface area contributed by atoms with E-state index in [0.717, 1.165) is 12.0 Å². The first-order chi connectivity index (χ1) is 8.76. The molecule has 0 aromatic carbocycles. The summed E-state index contributed by atoms with van der Waals surface area (Å²) in [5.41, 5.74) is 2.13. The number of methoxy groups -OCH3 is 1. The molecule has 18 heavy (non-hydrogen) atoms. The summed E-state index contributed by atoms with van der Waals surface area (Å²) in [6.45, 7) is 2.00. The molecule has 0 aliphatic heterocycles. The Kier molecular flexibility index (Phi) is 3.67. The molecule has 0 radical (unpaired) electrons. The maximum atomic E-state index is 12.4. The van der Waals surface area contributed by atoms with Crippen molar-refractivity contribution in [3.05, 3.63) is 53.6 Å². The van der Waals surface area contributed by atoms with Gasteiger partial charge in [-0.1, -0.05) is 6.92 Å². The fourth-order valence-electron chi connectivity index (χ4n) is 1.74. The lowest BCUT2D eigenvalue weighted by molar-refractivity contribution is 0.103. The second-order valence-electron chi connectivity index (χ2n) is 3.83. The standard InChI is InChI=1S/C14H14N2O2/c1-3-10-7-15-5-4-13(10)14(17)11-6-12(18-2)9-16-8-11/h4-9H,3H2,1-2H3. The van der Waals surface area contributed by atoms with Crippen molar-refractivity contribution in [2.75, 3.05) is 7.11 Å². The van der Waals surface area contributed by atoms with Crippen LogP contribution in [-0.2, 0) is 6.42 Å². The molecule has 0 spiro atoms. The van der Waals surface area contributed by atoms with Crippen molar-refractivity contribution in [2.24, 2.45) is 0 Å². The van der Waals surface area contributed by atoms with Crippen LogP contribution in [0.2, 0.25) is 0 Å². The molecule has 0 saturated heterocycles. The predicted octanol–water partition coefficient (Wildman–Crippen LogP) is 2.28. The number of carbonyl (C=O) groups is 1. The minimum atomic E-state index is -0.0550. The number of nitrogens with zero attached hydrogens (tertiary/aromatic N) is 2. The molecule has 0 N–H and O–H groups in total. The van der Waals surface area contributed by atoms with Crippen molar-refractivity contribution >= 4 is 5.78 Å². The van der Waals surface area contributed by atoms with Gasteiger partial charge in [0.1, 0.15) is 5.75 Å². The molecule has 0 aliphatic carbocycles. The van der Waals surface area contributed by atoms with Gasteiger partial charge in [0.2, 0.25) is 0 Å². The number of ether oxygens (including phenoxy) is 1. The Morgan fingerprint density at radius 3 is 2.83 bits per heavy atom. The van der Waals surface area contributed by atoms with E-state index in [0.29, 0.717) is 16.9 Å². The van der Waals surface area contributed by atoms with E-state index in [1.165, 1.54) is 0 Å². The Labute approximate surface area is 106 Å². The van der Waals surface area contributed by atoms with Gasteiger partial charge in [-0.15, -0.1) is 0 Å². The number of aryl methyl sites for hydroxylation is 1. The van der Waals surface area contributed by atoms with E-state index >= 15 is 0 Å². The van der Waals surface area contributed by atoms with Gasteiger partial charge in [0.15, 0.2) is 5.78 Å². The van der Waals surface area contributed by atoms with Crippen molar-refractivity contribution in [3.63, 3.8) is 0 Å². The topological polar surface area (TPSA) is 52.1 Å². The van der Waals surface area contributed by atoms with Gasteiger partial charge in [-0.05, 0) is 24.1 Å². The molecule has 4 heteroatoms. The summed E-state index contributed by atoms with van der Waals surface area (Å²) in [5, 5.41) is 0.